The van der Waals surface area contributed by atoms with Crippen molar-refractivity contribution in [1.82, 2.24) is 25.5 Å². The highest BCUT2D eigenvalue weighted by Gasteiger charge is 2.31. The van der Waals surface area contributed by atoms with E-state index in [1.54, 1.807) is 25.2 Å². The van der Waals surface area contributed by atoms with Crippen molar-refractivity contribution < 1.29 is 13.9 Å². The standard InChI is InChI=1S/C18H23N5O3/c1-5-18(2,19-12-14-7-6-10-26-14)17-20-21-22-23(17)13-8-9-15(24-3)16(11-13)25-4/h6-11,19H,5,12H2,1-4H3/t18-/m0/s1. The van der Waals surface area contributed by atoms with Crippen LogP contribution in [0.4, 0.5) is 0 Å². The molecule has 1 aromatic carbocycles. The van der Waals surface area contributed by atoms with E-state index in [9.17, 15) is 0 Å². The monoisotopic (exact) mass is 357 g/mol. The molecule has 3 rings (SSSR count). The predicted octanol–water partition coefficient (Wildman–Crippen LogP) is 2.69. The predicted molar refractivity (Wildman–Crippen MR) is 95.4 cm³/mol. The zero-order valence-electron chi connectivity index (χ0n) is 15.4. The molecule has 0 amide bonds. The number of nitrogens with zero attached hydrogens (tertiary/aromatic N) is 4. The number of furan rings is 1. The summed E-state index contributed by atoms with van der Waals surface area (Å²) in [6.07, 6.45) is 2.45. The van der Waals surface area contributed by atoms with Crippen LogP contribution in [0.1, 0.15) is 31.9 Å². The molecule has 0 fully saturated rings. The first kappa shape index (κ1) is 17.9. The van der Waals surface area contributed by atoms with E-state index in [4.69, 9.17) is 13.9 Å². The number of ether oxygens (including phenoxy) is 2. The Morgan fingerprint density at radius 1 is 1.19 bits per heavy atom. The summed E-state index contributed by atoms with van der Waals surface area (Å²) in [5.74, 6) is 2.84. The number of nitrogens with one attached hydrogen (secondary N) is 1. The van der Waals surface area contributed by atoms with Gasteiger partial charge in [-0.1, -0.05) is 6.92 Å². The molecule has 0 radical (unpaired) electrons. The first-order valence-electron chi connectivity index (χ1n) is 8.40. The molecule has 8 heteroatoms. The molecule has 0 saturated carbocycles. The van der Waals surface area contributed by atoms with Gasteiger partial charge < -0.3 is 13.9 Å². The Morgan fingerprint density at radius 2 is 2.00 bits per heavy atom. The molecule has 0 spiro atoms. The highest BCUT2D eigenvalue weighted by Crippen LogP contribution is 2.31. The van der Waals surface area contributed by atoms with Crippen LogP contribution < -0.4 is 14.8 Å². The van der Waals surface area contributed by atoms with E-state index in [0.717, 1.165) is 17.9 Å². The van der Waals surface area contributed by atoms with Gasteiger partial charge in [-0.25, -0.2) is 0 Å². The molecule has 0 saturated heterocycles. The Bertz CT molecular complexity index is 846. The maximum atomic E-state index is 5.41. The third kappa shape index (κ3) is 3.41. The molecule has 0 bridgehead atoms. The highest BCUT2D eigenvalue weighted by atomic mass is 16.5. The Balaban J connectivity index is 1.93. The summed E-state index contributed by atoms with van der Waals surface area (Å²) < 4.78 is 17.8. The third-order valence-corrected chi connectivity index (χ3v) is 4.51. The van der Waals surface area contributed by atoms with Crippen molar-refractivity contribution in [2.45, 2.75) is 32.4 Å². The van der Waals surface area contributed by atoms with Gasteiger partial charge in [0, 0.05) is 6.07 Å². The van der Waals surface area contributed by atoms with Gasteiger partial charge in [0.25, 0.3) is 0 Å². The van der Waals surface area contributed by atoms with Crippen molar-refractivity contribution in [2.24, 2.45) is 0 Å². The molecule has 2 heterocycles. The van der Waals surface area contributed by atoms with Gasteiger partial charge in [-0.3, -0.25) is 5.32 Å². The van der Waals surface area contributed by atoms with Crippen molar-refractivity contribution in [3.63, 3.8) is 0 Å². The lowest BCUT2D eigenvalue weighted by molar-refractivity contribution is 0.308. The van der Waals surface area contributed by atoms with Crippen molar-refractivity contribution in [2.75, 3.05) is 14.2 Å². The van der Waals surface area contributed by atoms with Crippen LogP contribution in [0, 0.1) is 0 Å². The van der Waals surface area contributed by atoms with Crippen LogP contribution in [0.25, 0.3) is 5.69 Å². The molecule has 0 aliphatic rings. The normalized spacial score (nSPS) is 13.4. The Hall–Kier alpha value is -2.87. The van der Waals surface area contributed by atoms with Crippen LogP contribution in [0.5, 0.6) is 11.5 Å². The fourth-order valence-electron chi connectivity index (χ4n) is 2.72. The molecule has 0 unspecified atom stereocenters. The molecular weight excluding hydrogens is 334 g/mol. The van der Waals surface area contributed by atoms with Crippen LogP contribution in [-0.2, 0) is 12.1 Å². The van der Waals surface area contributed by atoms with Crippen LogP contribution in [-0.4, -0.2) is 34.4 Å². The molecule has 0 aliphatic heterocycles. The van der Waals surface area contributed by atoms with Gasteiger partial charge in [-0.15, -0.1) is 5.10 Å². The van der Waals surface area contributed by atoms with Crippen molar-refractivity contribution in [3.8, 4) is 17.2 Å². The fourth-order valence-corrected chi connectivity index (χ4v) is 2.72. The van der Waals surface area contributed by atoms with E-state index < -0.39 is 5.54 Å². The molecule has 138 valence electrons. The minimum absolute atomic E-state index is 0.441. The van der Waals surface area contributed by atoms with Gasteiger partial charge >= 0.3 is 0 Å². The van der Waals surface area contributed by atoms with E-state index in [2.05, 4.69) is 34.7 Å². The first-order valence-corrected chi connectivity index (χ1v) is 8.40. The lowest BCUT2D eigenvalue weighted by Crippen LogP contribution is -2.41. The summed E-state index contributed by atoms with van der Waals surface area (Å²) in [5, 5.41) is 15.8. The third-order valence-electron chi connectivity index (χ3n) is 4.51. The van der Waals surface area contributed by atoms with Crippen LogP contribution >= 0.6 is 0 Å². The second-order valence-corrected chi connectivity index (χ2v) is 6.07. The average Bonchev–Trinajstić information content (AvgIpc) is 3.37. The number of aromatic nitrogens is 4. The lowest BCUT2D eigenvalue weighted by atomic mass is 9.97. The minimum Gasteiger partial charge on any atom is -0.493 e. The number of rotatable bonds is 8. The molecule has 0 aliphatic carbocycles. The van der Waals surface area contributed by atoms with Gasteiger partial charge in [-0.2, -0.15) is 4.68 Å². The van der Waals surface area contributed by atoms with E-state index >= 15 is 0 Å². The summed E-state index contributed by atoms with van der Waals surface area (Å²) in [6, 6.07) is 9.37. The van der Waals surface area contributed by atoms with Crippen LogP contribution in [0.3, 0.4) is 0 Å². The summed E-state index contributed by atoms with van der Waals surface area (Å²) in [6.45, 7) is 4.73. The quantitative estimate of drug-likeness (QED) is 0.663. The first-order chi connectivity index (χ1) is 12.6. The van der Waals surface area contributed by atoms with Crippen molar-refractivity contribution in [3.05, 3.63) is 48.2 Å². The van der Waals surface area contributed by atoms with Crippen LogP contribution in [0.2, 0.25) is 0 Å². The number of tetrazole rings is 1. The number of methoxy groups -OCH3 is 2. The molecule has 1 atom stereocenters. The van der Waals surface area contributed by atoms with Crippen molar-refractivity contribution in [1.29, 1.82) is 0 Å². The zero-order valence-corrected chi connectivity index (χ0v) is 15.4. The summed E-state index contributed by atoms with van der Waals surface area (Å²) in [7, 11) is 3.20. The maximum absolute atomic E-state index is 5.41. The van der Waals surface area contributed by atoms with Crippen molar-refractivity contribution >= 4 is 0 Å². The van der Waals surface area contributed by atoms with E-state index in [1.165, 1.54) is 0 Å². The molecule has 26 heavy (non-hydrogen) atoms. The summed E-state index contributed by atoms with van der Waals surface area (Å²) >= 11 is 0. The SMILES string of the molecule is CC[C@](C)(NCc1ccco1)c1nnnn1-c1ccc(OC)c(OC)c1. The van der Waals surface area contributed by atoms with Gasteiger partial charge in [0.1, 0.15) is 5.76 Å². The molecule has 8 nitrogen and oxygen atoms in total. The second-order valence-electron chi connectivity index (χ2n) is 6.07. The maximum Gasteiger partial charge on any atom is 0.176 e. The topological polar surface area (TPSA) is 87.2 Å². The van der Waals surface area contributed by atoms with Gasteiger partial charge in [0.2, 0.25) is 0 Å². The summed E-state index contributed by atoms with van der Waals surface area (Å²) in [4.78, 5) is 0. The number of hydrogen-bond donors (Lipinski definition) is 1. The van der Waals surface area contributed by atoms with Gasteiger partial charge in [0.15, 0.2) is 17.3 Å². The van der Waals surface area contributed by atoms with Gasteiger partial charge in [0.05, 0.1) is 38.3 Å². The minimum atomic E-state index is -0.441. The van der Waals surface area contributed by atoms with E-state index in [-0.39, 0.29) is 0 Å². The average molecular weight is 357 g/mol. The fraction of sp³-hybridized carbons (Fsp3) is 0.389. The molecule has 1 N–H and O–H groups in total. The van der Waals surface area contributed by atoms with Gasteiger partial charge in [-0.05, 0) is 48.0 Å². The highest BCUT2D eigenvalue weighted by molar-refractivity contribution is 5.48. The molecular formula is C18H23N5O3. The molecule has 2 aromatic heterocycles. The Labute approximate surface area is 152 Å². The molecule has 3 aromatic rings. The second kappa shape index (κ2) is 7.57. The number of hydrogen-bond acceptors (Lipinski definition) is 7. The van der Waals surface area contributed by atoms with E-state index in [0.29, 0.717) is 23.9 Å². The lowest BCUT2D eigenvalue weighted by Gasteiger charge is -2.28. The number of benzene rings is 1. The smallest absolute Gasteiger partial charge is 0.176 e. The largest absolute Gasteiger partial charge is 0.493 e. The summed E-state index contributed by atoms with van der Waals surface area (Å²) in [5.41, 5.74) is 0.353. The Kier molecular flexibility index (Phi) is 5.22. The van der Waals surface area contributed by atoms with Crippen LogP contribution in [0.15, 0.2) is 41.0 Å². The Morgan fingerprint density at radius 3 is 2.65 bits per heavy atom. The van der Waals surface area contributed by atoms with E-state index in [1.807, 2.05) is 30.3 Å². The zero-order chi connectivity index (χ0) is 18.6.